The summed E-state index contributed by atoms with van der Waals surface area (Å²) >= 11 is 0. The highest BCUT2D eigenvalue weighted by Gasteiger charge is 2.31. The van der Waals surface area contributed by atoms with Crippen molar-refractivity contribution in [3.63, 3.8) is 0 Å². The molecule has 2 aromatic carbocycles. The Labute approximate surface area is 163 Å². The van der Waals surface area contributed by atoms with E-state index in [1.165, 1.54) is 11.8 Å². The summed E-state index contributed by atoms with van der Waals surface area (Å²) in [7, 11) is 0. The van der Waals surface area contributed by atoms with Gasteiger partial charge in [-0.15, -0.1) is 0 Å². The van der Waals surface area contributed by atoms with Gasteiger partial charge in [0.15, 0.2) is 6.10 Å². The van der Waals surface area contributed by atoms with E-state index < -0.39 is 18.0 Å². The Morgan fingerprint density at radius 2 is 1.86 bits per heavy atom. The average molecular weight is 382 g/mol. The molecule has 1 atom stereocenters. The van der Waals surface area contributed by atoms with Crippen molar-refractivity contribution >= 4 is 29.2 Å². The first-order chi connectivity index (χ1) is 13.5. The maximum absolute atomic E-state index is 12.8. The number of nitrogens with one attached hydrogen (secondary N) is 1. The molecule has 1 aliphatic heterocycles. The summed E-state index contributed by atoms with van der Waals surface area (Å²) in [4.78, 5) is 38.4. The SMILES string of the molecule is CCCOc1ccc(C(=O)O[C@H](C)C(=O)N2CC(=O)Nc3ccccc32)cc1. The van der Waals surface area contributed by atoms with Gasteiger partial charge >= 0.3 is 5.97 Å². The van der Waals surface area contributed by atoms with Crippen molar-refractivity contribution in [3.05, 3.63) is 54.1 Å². The molecule has 0 aliphatic carbocycles. The molecule has 0 radical (unpaired) electrons. The first kappa shape index (κ1) is 19.4. The molecule has 3 rings (SSSR count). The molecule has 1 aliphatic rings. The zero-order chi connectivity index (χ0) is 20.1. The van der Waals surface area contributed by atoms with E-state index in [9.17, 15) is 14.4 Å². The van der Waals surface area contributed by atoms with Crippen LogP contribution in [-0.2, 0) is 14.3 Å². The fourth-order valence-corrected chi connectivity index (χ4v) is 2.84. The first-order valence-corrected chi connectivity index (χ1v) is 9.13. The van der Waals surface area contributed by atoms with Crippen LogP contribution in [0.2, 0.25) is 0 Å². The Hall–Kier alpha value is -3.35. The predicted molar refractivity (Wildman–Crippen MR) is 105 cm³/mol. The van der Waals surface area contributed by atoms with E-state index in [1.807, 2.05) is 6.92 Å². The largest absolute Gasteiger partial charge is 0.494 e. The van der Waals surface area contributed by atoms with Crippen LogP contribution < -0.4 is 15.0 Å². The van der Waals surface area contributed by atoms with E-state index >= 15 is 0 Å². The zero-order valence-corrected chi connectivity index (χ0v) is 15.8. The summed E-state index contributed by atoms with van der Waals surface area (Å²) in [5.74, 6) is -0.706. The number of carbonyl (C=O) groups excluding carboxylic acids is 3. The maximum Gasteiger partial charge on any atom is 0.338 e. The molecule has 146 valence electrons. The number of anilines is 2. The van der Waals surface area contributed by atoms with Crippen molar-refractivity contribution in [1.82, 2.24) is 0 Å². The third-order valence-electron chi connectivity index (χ3n) is 4.23. The van der Waals surface area contributed by atoms with Crippen LogP contribution in [0.3, 0.4) is 0 Å². The van der Waals surface area contributed by atoms with Gasteiger partial charge in [0, 0.05) is 0 Å². The van der Waals surface area contributed by atoms with Crippen molar-refractivity contribution in [2.24, 2.45) is 0 Å². The van der Waals surface area contributed by atoms with Gasteiger partial charge in [0.2, 0.25) is 5.91 Å². The lowest BCUT2D eigenvalue weighted by atomic mass is 10.1. The van der Waals surface area contributed by atoms with Crippen molar-refractivity contribution in [3.8, 4) is 5.75 Å². The molecule has 0 unspecified atom stereocenters. The molecular weight excluding hydrogens is 360 g/mol. The molecule has 28 heavy (non-hydrogen) atoms. The average Bonchev–Trinajstić information content (AvgIpc) is 2.71. The number of hydrogen-bond acceptors (Lipinski definition) is 5. The molecule has 7 heteroatoms. The number of amides is 2. The van der Waals surface area contributed by atoms with Gasteiger partial charge in [0.1, 0.15) is 12.3 Å². The molecule has 1 N–H and O–H groups in total. The molecule has 2 aromatic rings. The quantitative estimate of drug-likeness (QED) is 0.777. The lowest BCUT2D eigenvalue weighted by Crippen LogP contribution is -2.47. The third-order valence-corrected chi connectivity index (χ3v) is 4.23. The minimum Gasteiger partial charge on any atom is -0.494 e. The Bertz CT molecular complexity index is 879. The van der Waals surface area contributed by atoms with Crippen molar-refractivity contribution in [2.75, 3.05) is 23.4 Å². The second kappa shape index (κ2) is 8.56. The van der Waals surface area contributed by atoms with E-state index in [1.54, 1.807) is 48.5 Å². The van der Waals surface area contributed by atoms with Gasteiger partial charge in [-0.25, -0.2) is 4.79 Å². The molecule has 0 saturated carbocycles. The fraction of sp³-hybridized carbons (Fsp3) is 0.286. The Morgan fingerprint density at radius 1 is 1.14 bits per heavy atom. The number of esters is 1. The summed E-state index contributed by atoms with van der Waals surface area (Å²) in [5.41, 5.74) is 1.45. The maximum atomic E-state index is 12.8. The van der Waals surface area contributed by atoms with Gasteiger partial charge in [0.05, 0.1) is 23.5 Å². The highest BCUT2D eigenvalue weighted by molar-refractivity contribution is 6.11. The van der Waals surface area contributed by atoms with Crippen LogP contribution in [0.15, 0.2) is 48.5 Å². The molecule has 0 bridgehead atoms. The van der Waals surface area contributed by atoms with Crippen molar-refractivity contribution in [2.45, 2.75) is 26.4 Å². The standard InChI is InChI=1S/C21H22N2O5/c1-3-12-27-16-10-8-15(9-11-16)21(26)28-14(2)20(25)23-13-19(24)22-17-6-4-5-7-18(17)23/h4-11,14H,3,12-13H2,1-2H3,(H,22,24)/t14-/m1/s1. The van der Waals surface area contributed by atoms with Crippen LogP contribution in [0.5, 0.6) is 5.75 Å². The van der Waals surface area contributed by atoms with E-state index in [0.717, 1.165) is 6.42 Å². The predicted octanol–water partition coefficient (Wildman–Crippen LogP) is 3.01. The van der Waals surface area contributed by atoms with E-state index in [-0.39, 0.29) is 12.5 Å². The topological polar surface area (TPSA) is 84.9 Å². The van der Waals surface area contributed by atoms with E-state index in [0.29, 0.717) is 29.3 Å². The smallest absolute Gasteiger partial charge is 0.338 e. The molecule has 1 heterocycles. The highest BCUT2D eigenvalue weighted by Crippen LogP contribution is 2.29. The van der Waals surface area contributed by atoms with Crippen LogP contribution in [0.1, 0.15) is 30.6 Å². The molecule has 2 amide bonds. The van der Waals surface area contributed by atoms with Crippen LogP contribution in [0, 0.1) is 0 Å². The number of hydrogen-bond donors (Lipinski definition) is 1. The number of rotatable bonds is 6. The second-order valence-electron chi connectivity index (χ2n) is 6.41. The number of para-hydroxylation sites is 2. The molecule has 0 spiro atoms. The van der Waals surface area contributed by atoms with Crippen molar-refractivity contribution in [1.29, 1.82) is 0 Å². The summed E-state index contributed by atoms with van der Waals surface area (Å²) in [6.07, 6.45) is -0.149. The van der Waals surface area contributed by atoms with Gasteiger partial charge in [0.25, 0.3) is 5.91 Å². The second-order valence-corrected chi connectivity index (χ2v) is 6.41. The van der Waals surface area contributed by atoms with Crippen molar-refractivity contribution < 1.29 is 23.9 Å². The third kappa shape index (κ3) is 4.31. The Morgan fingerprint density at radius 3 is 2.57 bits per heavy atom. The molecule has 0 fully saturated rings. The number of fused-ring (bicyclic) bond motifs is 1. The summed E-state index contributed by atoms with van der Waals surface area (Å²) in [6, 6.07) is 13.5. The van der Waals surface area contributed by atoms with Crippen LogP contribution in [0.25, 0.3) is 0 Å². The van der Waals surface area contributed by atoms with Gasteiger partial charge in [-0.1, -0.05) is 19.1 Å². The number of nitrogens with zero attached hydrogens (tertiary/aromatic N) is 1. The van der Waals surface area contributed by atoms with Gasteiger partial charge in [-0.05, 0) is 49.7 Å². The zero-order valence-electron chi connectivity index (χ0n) is 15.8. The highest BCUT2D eigenvalue weighted by atomic mass is 16.5. The summed E-state index contributed by atoms with van der Waals surface area (Å²) in [6.45, 7) is 3.98. The number of ether oxygens (including phenoxy) is 2. The van der Waals surface area contributed by atoms with E-state index in [4.69, 9.17) is 9.47 Å². The Balaban J connectivity index is 1.67. The summed E-state index contributed by atoms with van der Waals surface area (Å²) < 4.78 is 10.8. The van der Waals surface area contributed by atoms with Crippen LogP contribution in [-0.4, -0.2) is 37.0 Å². The van der Waals surface area contributed by atoms with Crippen LogP contribution >= 0.6 is 0 Å². The minimum absolute atomic E-state index is 0.124. The van der Waals surface area contributed by atoms with E-state index in [2.05, 4.69) is 5.32 Å². The monoisotopic (exact) mass is 382 g/mol. The number of carbonyl (C=O) groups is 3. The minimum atomic E-state index is -1.04. The Kier molecular flexibility index (Phi) is 5.93. The van der Waals surface area contributed by atoms with Gasteiger partial charge in [-0.3, -0.25) is 14.5 Å². The lowest BCUT2D eigenvalue weighted by molar-refractivity contribution is -0.128. The number of benzene rings is 2. The normalized spacial score (nSPS) is 13.9. The lowest BCUT2D eigenvalue weighted by Gasteiger charge is -2.30. The van der Waals surface area contributed by atoms with Gasteiger partial charge < -0.3 is 14.8 Å². The van der Waals surface area contributed by atoms with Crippen LogP contribution in [0.4, 0.5) is 11.4 Å². The fourth-order valence-electron chi connectivity index (χ4n) is 2.84. The molecule has 0 saturated heterocycles. The van der Waals surface area contributed by atoms with Gasteiger partial charge in [-0.2, -0.15) is 0 Å². The first-order valence-electron chi connectivity index (χ1n) is 9.13. The molecule has 7 nitrogen and oxygen atoms in total. The molecular formula is C21H22N2O5. The summed E-state index contributed by atoms with van der Waals surface area (Å²) in [5, 5.41) is 2.72. The molecule has 0 aromatic heterocycles.